The van der Waals surface area contributed by atoms with Crippen molar-refractivity contribution in [2.24, 2.45) is 0 Å². The summed E-state index contributed by atoms with van der Waals surface area (Å²) in [5.41, 5.74) is 0. The molecule has 100 valence electrons. The lowest BCUT2D eigenvalue weighted by molar-refractivity contribution is -0.118. The molecule has 0 bridgehead atoms. The van der Waals surface area contributed by atoms with Gasteiger partial charge in [-0.05, 0) is 18.6 Å². The number of carbonyl (C=O) groups excluding carboxylic acids is 1. The van der Waals surface area contributed by atoms with Gasteiger partial charge in [0.25, 0.3) is 0 Å². The number of methoxy groups -OCH3 is 1. The van der Waals surface area contributed by atoms with Crippen LogP contribution in [0.4, 0.5) is 0 Å². The van der Waals surface area contributed by atoms with Crippen molar-refractivity contribution in [3.8, 4) is 5.75 Å². The van der Waals surface area contributed by atoms with E-state index in [0.717, 1.165) is 0 Å². The maximum atomic E-state index is 12.1. The van der Waals surface area contributed by atoms with Gasteiger partial charge in [0.15, 0.2) is 9.84 Å². The van der Waals surface area contributed by atoms with Crippen LogP contribution in [0.1, 0.15) is 26.2 Å². The molecule has 1 aromatic carbocycles. The largest absolute Gasteiger partial charge is 0.495 e. The maximum absolute atomic E-state index is 12.1. The van der Waals surface area contributed by atoms with Gasteiger partial charge in [0.05, 0.1) is 12.9 Å². The van der Waals surface area contributed by atoms with Crippen LogP contribution < -0.4 is 4.74 Å². The zero-order chi connectivity index (χ0) is 13.6. The van der Waals surface area contributed by atoms with E-state index in [2.05, 4.69) is 0 Å². The molecule has 0 fully saturated rings. The van der Waals surface area contributed by atoms with Gasteiger partial charge in [-0.1, -0.05) is 19.1 Å². The number of sulfone groups is 1. The van der Waals surface area contributed by atoms with Crippen molar-refractivity contribution < 1.29 is 17.9 Å². The average Bonchev–Trinajstić information content (AvgIpc) is 2.38. The summed E-state index contributed by atoms with van der Waals surface area (Å²) in [4.78, 5) is 11.3. The Balaban J connectivity index is 2.77. The van der Waals surface area contributed by atoms with Crippen molar-refractivity contribution in [3.05, 3.63) is 24.3 Å². The van der Waals surface area contributed by atoms with E-state index in [1.807, 2.05) is 0 Å². The summed E-state index contributed by atoms with van der Waals surface area (Å²) in [6.45, 7) is 1.77. The fourth-order valence-corrected chi connectivity index (χ4v) is 3.11. The van der Waals surface area contributed by atoms with Crippen LogP contribution in [0.5, 0.6) is 5.75 Å². The fraction of sp³-hybridized carbons (Fsp3) is 0.462. The topological polar surface area (TPSA) is 60.4 Å². The summed E-state index contributed by atoms with van der Waals surface area (Å²) in [7, 11) is -1.94. The number of hydrogen-bond donors (Lipinski definition) is 0. The van der Waals surface area contributed by atoms with Crippen molar-refractivity contribution in [1.82, 2.24) is 0 Å². The molecule has 0 unspecified atom stereocenters. The first kappa shape index (κ1) is 14.7. The van der Waals surface area contributed by atoms with Crippen LogP contribution in [-0.2, 0) is 14.6 Å². The molecular weight excluding hydrogens is 252 g/mol. The Bertz CT molecular complexity index is 505. The smallest absolute Gasteiger partial charge is 0.182 e. The van der Waals surface area contributed by atoms with E-state index < -0.39 is 9.84 Å². The zero-order valence-corrected chi connectivity index (χ0v) is 11.5. The van der Waals surface area contributed by atoms with E-state index >= 15 is 0 Å². The van der Waals surface area contributed by atoms with Gasteiger partial charge in [-0.15, -0.1) is 0 Å². The first-order valence-corrected chi connectivity index (χ1v) is 7.54. The number of ether oxygens (including phenoxy) is 1. The molecule has 0 aliphatic carbocycles. The summed E-state index contributed by atoms with van der Waals surface area (Å²) in [5, 5.41) is 0. The SMILES string of the molecule is CCC(=O)CCCS(=O)(=O)c1ccccc1OC. The van der Waals surface area contributed by atoms with E-state index in [4.69, 9.17) is 4.74 Å². The van der Waals surface area contributed by atoms with Crippen LogP contribution in [0.15, 0.2) is 29.2 Å². The highest BCUT2D eigenvalue weighted by Crippen LogP contribution is 2.24. The summed E-state index contributed by atoms with van der Waals surface area (Å²) < 4.78 is 29.2. The number of benzene rings is 1. The van der Waals surface area contributed by atoms with Crippen molar-refractivity contribution in [2.45, 2.75) is 31.1 Å². The number of hydrogen-bond acceptors (Lipinski definition) is 4. The van der Waals surface area contributed by atoms with Crippen LogP contribution >= 0.6 is 0 Å². The lowest BCUT2D eigenvalue weighted by Crippen LogP contribution is -2.10. The third kappa shape index (κ3) is 3.84. The highest BCUT2D eigenvalue weighted by Gasteiger charge is 2.18. The van der Waals surface area contributed by atoms with E-state index in [1.54, 1.807) is 25.1 Å². The van der Waals surface area contributed by atoms with Gasteiger partial charge in [0, 0.05) is 12.8 Å². The highest BCUT2D eigenvalue weighted by atomic mass is 32.2. The summed E-state index contributed by atoms with van der Waals surface area (Å²) >= 11 is 0. The number of carbonyl (C=O) groups is 1. The molecule has 0 spiro atoms. The Morgan fingerprint density at radius 3 is 2.56 bits per heavy atom. The molecular formula is C13H18O4S. The van der Waals surface area contributed by atoms with Gasteiger partial charge in [-0.2, -0.15) is 0 Å². The van der Waals surface area contributed by atoms with Crippen LogP contribution in [0.2, 0.25) is 0 Å². The van der Waals surface area contributed by atoms with Crippen LogP contribution in [-0.4, -0.2) is 27.1 Å². The quantitative estimate of drug-likeness (QED) is 0.762. The van der Waals surface area contributed by atoms with Crippen LogP contribution in [0, 0.1) is 0 Å². The minimum absolute atomic E-state index is 0.0287. The second kappa shape index (κ2) is 6.54. The molecule has 5 heteroatoms. The molecule has 18 heavy (non-hydrogen) atoms. The second-order valence-electron chi connectivity index (χ2n) is 3.97. The second-order valence-corrected chi connectivity index (χ2v) is 6.04. The number of rotatable bonds is 7. The fourth-order valence-electron chi connectivity index (χ4n) is 1.62. The first-order chi connectivity index (χ1) is 8.51. The predicted molar refractivity (Wildman–Crippen MR) is 69.6 cm³/mol. The van der Waals surface area contributed by atoms with Gasteiger partial charge < -0.3 is 4.74 Å². The van der Waals surface area contributed by atoms with Gasteiger partial charge in [0.1, 0.15) is 16.4 Å². The molecule has 0 N–H and O–H groups in total. The normalized spacial score (nSPS) is 11.2. The minimum atomic E-state index is -3.38. The first-order valence-electron chi connectivity index (χ1n) is 5.88. The Morgan fingerprint density at radius 2 is 1.94 bits per heavy atom. The Kier molecular flexibility index (Phi) is 5.34. The number of ketones is 1. The van der Waals surface area contributed by atoms with Gasteiger partial charge in [-0.25, -0.2) is 8.42 Å². The average molecular weight is 270 g/mol. The predicted octanol–water partition coefficient (Wildman–Crippen LogP) is 2.23. The van der Waals surface area contributed by atoms with Crippen molar-refractivity contribution in [1.29, 1.82) is 0 Å². The van der Waals surface area contributed by atoms with Gasteiger partial charge in [0.2, 0.25) is 0 Å². The molecule has 0 aliphatic heterocycles. The summed E-state index contributed by atoms with van der Waals surface area (Å²) in [6, 6.07) is 6.52. The van der Waals surface area contributed by atoms with E-state index in [-0.39, 0.29) is 16.4 Å². The third-order valence-electron chi connectivity index (χ3n) is 2.67. The van der Waals surface area contributed by atoms with Crippen molar-refractivity contribution in [2.75, 3.05) is 12.9 Å². The standard InChI is InChI=1S/C13H18O4S/c1-3-11(14)7-6-10-18(15,16)13-9-5-4-8-12(13)17-2/h4-5,8-9H,3,6-7,10H2,1-2H3. The molecule has 0 saturated heterocycles. The molecule has 0 aromatic heterocycles. The van der Waals surface area contributed by atoms with Gasteiger partial charge >= 0.3 is 0 Å². The minimum Gasteiger partial charge on any atom is -0.495 e. The van der Waals surface area contributed by atoms with Crippen molar-refractivity contribution in [3.63, 3.8) is 0 Å². The summed E-state index contributed by atoms with van der Waals surface area (Å²) in [5.74, 6) is 0.406. The molecule has 0 radical (unpaired) electrons. The molecule has 0 atom stereocenters. The number of para-hydroxylation sites is 1. The van der Waals surface area contributed by atoms with Crippen molar-refractivity contribution >= 4 is 15.6 Å². The monoisotopic (exact) mass is 270 g/mol. The van der Waals surface area contributed by atoms with E-state index in [9.17, 15) is 13.2 Å². The lowest BCUT2D eigenvalue weighted by Gasteiger charge is -2.08. The molecule has 0 saturated carbocycles. The van der Waals surface area contributed by atoms with E-state index in [0.29, 0.717) is 25.0 Å². The molecule has 0 heterocycles. The van der Waals surface area contributed by atoms with E-state index in [1.165, 1.54) is 13.2 Å². The zero-order valence-electron chi connectivity index (χ0n) is 10.7. The molecule has 1 rings (SSSR count). The third-order valence-corrected chi connectivity index (χ3v) is 4.50. The Morgan fingerprint density at radius 1 is 1.28 bits per heavy atom. The van der Waals surface area contributed by atoms with Gasteiger partial charge in [-0.3, -0.25) is 4.79 Å². The maximum Gasteiger partial charge on any atom is 0.182 e. The molecule has 0 aliphatic rings. The number of Topliss-reactive ketones (excluding diaryl/α,β-unsaturated/α-hetero) is 1. The molecule has 4 nitrogen and oxygen atoms in total. The molecule has 0 amide bonds. The Hall–Kier alpha value is -1.36. The Labute approximate surface area is 108 Å². The lowest BCUT2D eigenvalue weighted by atomic mass is 10.2. The van der Waals surface area contributed by atoms with Crippen LogP contribution in [0.25, 0.3) is 0 Å². The molecule has 1 aromatic rings. The highest BCUT2D eigenvalue weighted by molar-refractivity contribution is 7.91. The van der Waals surface area contributed by atoms with Crippen LogP contribution in [0.3, 0.4) is 0 Å². The summed E-state index contributed by atoms with van der Waals surface area (Å²) in [6.07, 6.45) is 1.12.